The van der Waals surface area contributed by atoms with Crippen LogP contribution in [-0.2, 0) is 0 Å². The van der Waals surface area contributed by atoms with E-state index in [4.69, 9.17) is 9.40 Å². The van der Waals surface area contributed by atoms with Crippen molar-refractivity contribution in [1.29, 1.82) is 0 Å². The fourth-order valence-electron chi connectivity index (χ4n) is 7.49. The molecule has 0 aliphatic rings. The first-order valence-corrected chi connectivity index (χ1v) is 17.9. The van der Waals surface area contributed by atoms with E-state index in [9.17, 15) is 0 Å². The van der Waals surface area contributed by atoms with E-state index in [0.29, 0.717) is 5.89 Å². The fraction of sp³-hybridized carbons (Fsp3) is 0. The number of nitrogens with zero attached hydrogens (tertiary/aromatic N) is 2. The molecule has 0 N–H and O–H groups in total. The molecule has 0 bridgehead atoms. The molecule has 0 amide bonds. The summed E-state index contributed by atoms with van der Waals surface area (Å²) in [6.07, 6.45) is 3.70. The van der Waals surface area contributed by atoms with E-state index in [1.54, 1.807) is 6.20 Å². The summed E-state index contributed by atoms with van der Waals surface area (Å²) in [4.78, 5) is 9.48. The van der Waals surface area contributed by atoms with Crippen LogP contribution in [0.1, 0.15) is 0 Å². The van der Waals surface area contributed by atoms with Gasteiger partial charge >= 0.3 is 0 Å². The molecule has 3 heteroatoms. The predicted octanol–water partition coefficient (Wildman–Crippen LogP) is 13.5. The maximum absolute atomic E-state index is 6.66. The highest BCUT2D eigenvalue weighted by molar-refractivity contribution is 6.14. The van der Waals surface area contributed by atoms with E-state index in [2.05, 4.69) is 175 Å². The number of pyridine rings is 1. The number of oxazole rings is 1. The van der Waals surface area contributed by atoms with Gasteiger partial charge in [0.05, 0.1) is 0 Å². The van der Waals surface area contributed by atoms with Crippen molar-refractivity contribution < 1.29 is 4.42 Å². The van der Waals surface area contributed by atoms with Crippen molar-refractivity contribution in [2.45, 2.75) is 0 Å². The number of hydrogen-bond acceptors (Lipinski definition) is 3. The van der Waals surface area contributed by atoms with Gasteiger partial charge < -0.3 is 4.42 Å². The quantitative estimate of drug-likeness (QED) is 0.165. The number of rotatable bonds is 6. The molecule has 3 nitrogen and oxygen atoms in total. The third kappa shape index (κ3) is 5.65. The van der Waals surface area contributed by atoms with E-state index >= 15 is 0 Å². The molecule has 0 spiro atoms. The second-order valence-electron chi connectivity index (χ2n) is 13.4. The van der Waals surface area contributed by atoms with Crippen molar-refractivity contribution in [1.82, 2.24) is 9.97 Å². The first-order chi connectivity index (χ1) is 26.2. The largest absolute Gasteiger partial charge is 0.436 e. The zero-order chi connectivity index (χ0) is 35.1. The van der Waals surface area contributed by atoms with Crippen molar-refractivity contribution in [3.8, 4) is 67.1 Å². The Morgan fingerprint density at radius 2 is 0.906 bits per heavy atom. The van der Waals surface area contributed by atoms with Crippen molar-refractivity contribution >= 4 is 32.6 Å². The molecule has 0 atom stereocenters. The SMILES string of the molecule is c1ccc(-c2ccc(-c3ccc(-c4nc5c(-c6ccc(-c7cccnc7)cc6)cc(-c6cc7ccccc7c7ccccc67)cc5o4)cc3)cc2)cc1. The van der Waals surface area contributed by atoms with Gasteiger partial charge in [0.25, 0.3) is 0 Å². The number of hydrogen-bond donors (Lipinski definition) is 0. The molecule has 2 aromatic heterocycles. The van der Waals surface area contributed by atoms with Crippen LogP contribution in [0.2, 0.25) is 0 Å². The lowest BCUT2D eigenvalue weighted by Gasteiger charge is -2.13. The Bertz CT molecular complexity index is 2890. The summed E-state index contributed by atoms with van der Waals surface area (Å²) < 4.78 is 6.66. The van der Waals surface area contributed by atoms with Crippen LogP contribution in [0.4, 0.5) is 0 Å². The zero-order valence-electron chi connectivity index (χ0n) is 28.8. The maximum atomic E-state index is 6.66. The number of benzene rings is 8. The van der Waals surface area contributed by atoms with E-state index < -0.39 is 0 Å². The monoisotopic (exact) mass is 676 g/mol. The fourth-order valence-corrected chi connectivity index (χ4v) is 7.49. The molecule has 10 rings (SSSR count). The Morgan fingerprint density at radius 1 is 0.358 bits per heavy atom. The molecule has 8 aromatic carbocycles. The van der Waals surface area contributed by atoms with Crippen LogP contribution >= 0.6 is 0 Å². The van der Waals surface area contributed by atoms with E-state index in [0.717, 1.165) is 61.2 Å². The van der Waals surface area contributed by atoms with Crippen LogP contribution < -0.4 is 0 Å². The summed E-state index contributed by atoms with van der Waals surface area (Å²) in [5.41, 5.74) is 13.8. The van der Waals surface area contributed by atoms with Crippen LogP contribution in [0.25, 0.3) is 99.7 Å². The molecule has 0 saturated carbocycles. The standard InChI is InChI=1S/C50H32N2O/c1-2-9-33(10-3-1)34-16-18-35(19-17-34)36-22-26-39(27-23-36)50-52-49-47(38-24-20-37(21-25-38)41-12-8-28-51-32-41)30-42(31-48(49)53-50)46-29-40-11-4-5-13-43(40)44-14-6-7-15-45(44)46/h1-32H. The van der Waals surface area contributed by atoms with Gasteiger partial charge in [-0.25, -0.2) is 4.98 Å². The van der Waals surface area contributed by atoms with E-state index in [-0.39, 0.29) is 0 Å². The number of fused-ring (bicyclic) bond motifs is 4. The average Bonchev–Trinajstić information content (AvgIpc) is 3.68. The Labute approximate surface area is 307 Å². The molecule has 0 radical (unpaired) electrons. The Kier molecular flexibility index (Phi) is 7.47. The molecule has 0 aliphatic carbocycles. The van der Waals surface area contributed by atoms with E-state index in [1.165, 1.54) is 32.7 Å². The van der Waals surface area contributed by atoms with Gasteiger partial charge in [-0.2, -0.15) is 0 Å². The highest BCUT2D eigenvalue weighted by atomic mass is 16.3. The smallest absolute Gasteiger partial charge is 0.227 e. The minimum absolute atomic E-state index is 0.597. The molecular formula is C50H32N2O. The summed E-state index contributed by atoms with van der Waals surface area (Å²) in [7, 11) is 0. The third-order valence-corrected chi connectivity index (χ3v) is 10.2. The first-order valence-electron chi connectivity index (χ1n) is 17.9. The molecule has 10 aromatic rings. The minimum atomic E-state index is 0.597. The zero-order valence-corrected chi connectivity index (χ0v) is 28.8. The summed E-state index contributed by atoms with van der Waals surface area (Å²) in [6.45, 7) is 0. The lowest BCUT2D eigenvalue weighted by atomic mass is 9.91. The maximum Gasteiger partial charge on any atom is 0.227 e. The van der Waals surface area contributed by atoms with Crippen molar-refractivity contribution in [3.63, 3.8) is 0 Å². The van der Waals surface area contributed by atoms with Gasteiger partial charge in [-0.05, 0) is 108 Å². The van der Waals surface area contributed by atoms with Crippen molar-refractivity contribution in [3.05, 3.63) is 194 Å². The molecule has 0 fully saturated rings. The highest BCUT2D eigenvalue weighted by Crippen LogP contribution is 2.41. The molecule has 0 saturated heterocycles. The van der Waals surface area contributed by atoms with Gasteiger partial charge in [-0.1, -0.05) is 146 Å². The minimum Gasteiger partial charge on any atom is -0.436 e. The van der Waals surface area contributed by atoms with Crippen molar-refractivity contribution in [2.24, 2.45) is 0 Å². The van der Waals surface area contributed by atoms with Gasteiger partial charge in [0.2, 0.25) is 5.89 Å². The molecule has 0 aliphatic heterocycles. The highest BCUT2D eigenvalue weighted by Gasteiger charge is 2.18. The van der Waals surface area contributed by atoms with Crippen LogP contribution in [0.3, 0.4) is 0 Å². The Balaban J connectivity index is 1.08. The van der Waals surface area contributed by atoms with Crippen LogP contribution in [-0.4, -0.2) is 9.97 Å². The van der Waals surface area contributed by atoms with Gasteiger partial charge in [0.1, 0.15) is 5.52 Å². The van der Waals surface area contributed by atoms with Gasteiger partial charge in [-0.3, -0.25) is 4.98 Å². The van der Waals surface area contributed by atoms with Crippen LogP contribution in [0, 0.1) is 0 Å². The predicted molar refractivity (Wildman–Crippen MR) is 219 cm³/mol. The summed E-state index contributed by atoms with van der Waals surface area (Å²) >= 11 is 0. The summed E-state index contributed by atoms with van der Waals surface area (Å²) in [6, 6.07) is 64.4. The van der Waals surface area contributed by atoms with E-state index in [1.807, 2.05) is 18.3 Å². The Hall–Kier alpha value is -7.10. The second kappa shape index (κ2) is 12.9. The Morgan fingerprint density at radius 3 is 1.58 bits per heavy atom. The van der Waals surface area contributed by atoms with Gasteiger partial charge in [-0.15, -0.1) is 0 Å². The number of aromatic nitrogens is 2. The topological polar surface area (TPSA) is 38.9 Å². The van der Waals surface area contributed by atoms with Gasteiger partial charge in [0.15, 0.2) is 5.58 Å². The molecular weight excluding hydrogens is 645 g/mol. The average molecular weight is 677 g/mol. The molecule has 2 heterocycles. The lowest BCUT2D eigenvalue weighted by molar-refractivity contribution is 0.620. The second-order valence-corrected chi connectivity index (χ2v) is 13.4. The normalized spacial score (nSPS) is 11.4. The molecule has 0 unspecified atom stereocenters. The van der Waals surface area contributed by atoms with Crippen molar-refractivity contribution in [2.75, 3.05) is 0 Å². The van der Waals surface area contributed by atoms with Gasteiger partial charge in [0, 0.05) is 23.5 Å². The molecule has 53 heavy (non-hydrogen) atoms. The summed E-state index contributed by atoms with van der Waals surface area (Å²) in [5, 5.41) is 4.89. The van der Waals surface area contributed by atoms with Crippen LogP contribution in [0.5, 0.6) is 0 Å². The lowest BCUT2D eigenvalue weighted by Crippen LogP contribution is -1.88. The first kappa shape index (κ1) is 30.7. The third-order valence-electron chi connectivity index (χ3n) is 10.2. The van der Waals surface area contributed by atoms with Crippen LogP contribution in [0.15, 0.2) is 199 Å². The summed E-state index contributed by atoms with van der Waals surface area (Å²) in [5.74, 6) is 0.597. The molecule has 248 valence electrons.